The van der Waals surface area contributed by atoms with Crippen LogP contribution in [0.15, 0.2) is 30.3 Å². The van der Waals surface area contributed by atoms with Crippen molar-refractivity contribution in [2.45, 2.75) is 50.6 Å². The second-order valence-corrected chi connectivity index (χ2v) is 5.96. The molecule has 5 nitrogen and oxygen atoms in total. The van der Waals surface area contributed by atoms with E-state index in [2.05, 4.69) is 5.32 Å². The van der Waals surface area contributed by atoms with E-state index < -0.39 is 31.0 Å². The van der Waals surface area contributed by atoms with E-state index in [0.29, 0.717) is 6.54 Å². The summed E-state index contributed by atoms with van der Waals surface area (Å²) < 4.78 is 13.5. The monoisotopic (exact) mass is 324 g/mol. The molecule has 1 aromatic carbocycles. The zero-order valence-electron chi connectivity index (χ0n) is 13.5. The molecule has 0 bridgehead atoms. The van der Waals surface area contributed by atoms with E-state index >= 15 is 0 Å². The van der Waals surface area contributed by atoms with Gasteiger partial charge in [0.1, 0.15) is 6.67 Å². The Labute approximate surface area is 136 Å². The molecule has 1 unspecified atom stereocenters. The predicted octanol–water partition coefficient (Wildman–Crippen LogP) is 1.02. The summed E-state index contributed by atoms with van der Waals surface area (Å²) in [5.74, 6) is -0.214. The van der Waals surface area contributed by atoms with E-state index in [-0.39, 0.29) is 18.4 Å². The molecule has 0 saturated carbocycles. The molecular weight excluding hydrogens is 299 g/mol. The average molecular weight is 324 g/mol. The van der Waals surface area contributed by atoms with E-state index in [0.717, 1.165) is 5.56 Å². The van der Waals surface area contributed by atoms with E-state index in [1.807, 2.05) is 44.2 Å². The van der Waals surface area contributed by atoms with E-state index in [1.54, 1.807) is 4.90 Å². The fourth-order valence-electron chi connectivity index (χ4n) is 3.39. The number of aliphatic hydroxyl groups is 2. The van der Waals surface area contributed by atoms with Crippen molar-refractivity contribution in [2.24, 2.45) is 0 Å². The number of carbonyl (C=O) groups is 1. The first-order valence-corrected chi connectivity index (χ1v) is 8.02. The van der Waals surface area contributed by atoms with Gasteiger partial charge >= 0.3 is 0 Å². The highest BCUT2D eigenvalue weighted by atomic mass is 19.1. The third-order valence-corrected chi connectivity index (χ3v) is 4.56. The number of aliphatic hydroxyl groups excluding tert-OH is 2. The van der Waals surface area contributed by atoms with Crippen molar-refractivity contribution in [1.82, 2.24) is 10.2 Å². The van der Waals surface area contributed by atoms with Gasteiger partial charge < -0.3 is 15.5 Å². The van der Waals surface area contributed by atoms with E-state index in [1.165, 1.54) is 0 Å². The second kappa shape index (κ2) is 7.86. The Bertz CT molecular complexity index is 514. The summed E-state index contributed by atoms with van der Waals surface area (Å²) in [6.45, 7) is 3.42. The Morgan fingerprint density at radius 3 is 2.43 bits per heavy atom. The molecule has 6 heteroatoms. The minimum absolute atomic E-state index is 0.0275. The molecule has 0 spiro atoms. The fourth-order valence-corrected chi connectivity index (χ4v) is 3.39. The van der Waals surface area contributed by atoms with Gasteiger partial charge in [-0.05, 0) is 19.4 Å². The Kier molecular flexibility index (Phi) is 6.10. The zero-order chi connectivity index (χ0) is 17.0. The van der Waals surface area contributed by atoms with Crippen molar-refractivity contribution in [3.63, 3.8) is 0 Å². The topological polar surface area (TPSA) is 72.8 Å². The molecule has 1 saturated heterocycles. The third-order valence-electron chi connectivity index (χ3n) is 4.56. The molecule has 0 aromatic heterocycles. The molecule has 1 aliphatic heterocycles. The van der Waals surface area contributed by atoms with Gasteiger partial charge in [-0.1, -0.05) is 30.3 Å². The smallest absolute Gasteiger partial charge is 0.221 e. The zero-order valence-corrected chi connectivity index (χ0v) is 13.5. The van der Waals surface area contributed by atoms with E-state index in [4.69, 9.17) is 0 Å². The molecule has 128 valence electrons. The van der Waals surface area contributed by atoms with Crippen LogP contribution in [0.1, 0.15) is 31.9 Å². The SMILES string of the molecule is CCNC(=O)C[C@@H]1[C@@H](O)[C@H](O)[C@@H](CF)N1C(C)c1ccccc1. The number of benzene rings is 1. The number of carbonyl (C=O) groups excluding carboxylic acids is 1. The number of hydrogen-bond donors (Lipinski definition) is 3. The summed E-state index contributed by atoms with van der Waals surface area (Å²) in [6, 6.07) is 7.84. The molecule has 23 heavy (non-hydrogen) atoms. The van der Waals surface area contributed by atoms with Crippen LogP contribution in [0.25, 0.3) is 0 Å². The number of likely N-dealkylation sites (tertiary alicyclic amines) is 1. The molecular formula is C17H25FN2O3. The van der Waals surface area contributed by atoms with Gasteiger partial charge in [0.15, 0.2) is 0 Å². The minimum atomic E-state index is -1.20. The van der Waals surface area contributed by atoms with Crippen LogP contribution in [0.2, 0.25) is 0 Å². The normalized spacial score (nSPS) is 29.4. The number of hydrogen-bond acceptors (Lipinski definition) is 4. The maximum atomic E-state index is 13.5. The third kappa shape index (κ3) is 3.71. The summed E-state index contributed by atoms with van der Waals surface area (Å²) >= 11 is 0. The van der Waals surface area contributed by atoms with Gasteiger partial charge in [0.25, 0.3) is 0 Å². The van der Waals surface area contributed by atoms with Gasteiger partial charge in [0.2, 0.25) is 5.91 Å². The number of alkyl halides is 1. The highest BCUT2D eigenvalue weighted by Gasteiger charge is 2.50. The van der Waals surface area contributed by atoms with Crippen LogP contribution in [0.3, 0.4) is 0 Å². The Morgan fingerprint density at radius 2 is 1.87 bits per heavy atom. The lowest BCUT2D eigenvalue weighted by molar-refractivity contribution is -0.123. The number of nitrogens with one attached hydrogen (secondary N) is 1. The van der Waals surface area contributed by atoms with Gasteiger partial charge in [0.05, 0.1) is 18.2 Å². The lowest BCUT2D eigenvalue weighted by Gasteiger charge is -2.34. The fraction of sp³-hybridized carbons (Fsp3) is 0.588. The summed E-state index contributed by atoms with van der Waals surface area (Å²) in [7, 11) is 0. The van der Waals surface area contributed by atoms with Crippen LogP contribution in [-0.2, 0) is 4.79 Å². The lowest BCUT2D eigenvalue weighted by atomic mass is 10.0. The van der Waals surface area contributed by atoms with Crippen molar-refractivity contribution >= 4 is 5.91 Å². The summed E-state index contributed by atoms with van der Waals surface area (Å²) in [5.41, 5.74) is 0.952. The van der Waals surface area contributed by atoms with Crippen molar-refractivity contribution in [3.05, 3.63) is 35.9 Å². The van der Waals surface area contributed by atoms with Gasteiger partial charge in [-0.15, -0.1) is 0 Å². The summed E-state index contributed by atoms with van der Waals surface area (Å²) in [5, 5.41) is 23.2. The van der Waals surface area contributed by atoms with Crippen LogP contribution in [0.5, 0.6) is 0 Å². The molecule has 3 N–H and O–H groups in total. The van der Waals surface area contributed by atoms with E-state index in [9.17, 15) is 19.4 Å². The Balaban J connectivity index is 2.27. The van der Waals surface area contributed by atoms with Crippen LogP contribution < -0.4 is 5.32 Å². The molecule has 2 rings (SSSR count). The maximum absolute atomic E-state index is 13.5. The first kappa shape index (κ1) is 17.8. The van der Waals surface area contributed by atoms with Crippen molar-refractivity contribution < 1.29 is 19.4 Å². The largest absolute Gasteiger partial charge is 0.389 e. The highest BCUT2D eigenvalue weighted by Crippen LogP contribution is 2.35. The molecule has 5 atom stereocenters. The molecule has 1 aromatic rings. The molecule has 1 fully saturated rings. The number of rotatable bonds is 6. The van der Waals surface area contributed by atoms with Gasteiger partial charge in [-0.3, -0.25) is 9.69 Å². The maximum Gasteiger partial charge on any atom is 0.221 e. The van der Waals surface area contributed by atoms with Gasteiger partial charge in [0, 0.05) is 25.0 Å². The minimum Gasteiger partial charge on any atom is -0.389 e. The predicted molar refractivity (Wildman–Crippen MR) is 85.6 cm³/mol. The van der Waals surface area contributed by atoms with Crippen molar-refractivity contribution in [3.8, 4) is 0 Å². The lowest BCUT2D eigenvalue weighted by Crippen LogP contribution is -2.44. The standard InChI is InChI=1S/C17H25FN2O3/c1-3-19-15(21)9-13-16(22)17(23)14(10-18)20(13)11(2)12-7-5-4-6-8-12/h4-8,11,13-14,16-17,22-23H,3,9-10H2,1-2H3,(H,19,21)/t11?,13-,14-,16-,17-/m1/s1. The van der Waals surface area contributed by atoms with Crippen LogP contribution >= 0.6 is 0 Å². The van der Waals surface area contributed by atoms with Crippen LogP contribution in [0.4, 0.5) is 4.39 Å². The first-order valence-electron chi connectivity index (χ1n) is 8.02. The van der Waals surface area contributed by atoms with Crippen LogP contribution in [0, 0.1) is 0 Å². The summed E-state index contributed by atoms with van der Waals surface area (Å²) in [6.07, 6.45) is -2.32. The molecule has 1 amide bonds. The highest BCUT2D eigenvalue weighted by molar-refractivity contribution is 5.76. The molecule has 0 aliphatic carbocycles. The number of nitrogens with zero attached hydrogens (tertiary/aromatic N) is 1. The second-order valence-electron chi connectivity index (χ2n) is 5.96. The average Bonchev–Trinajstić information content (AvgIpc) is 2.79. The number of amides is 1. The Morgan fingerprint density at radius 1 is 1.26 bits per heavy atom. The molecule has 1 heterocycles. The van der Waals surface area contributed by atoms with Crippen molar-refractivity contribution in [2.75, 3.05) is 13.2 Å². The summed E-state index contributed by atoms with van der Waals surface area (Å²) in [4.78, 5) is 13.7. The van der Waals surface area contributed by atoms with Gasteiger partial charge in [-0.25, -0.2) is 4.39 Å². The molecule has 1 aliphatic rings. The number of halogens is 1. The van der Waals surface area contributed by atoms with Crippen molar-refractivity contribution in [1.29, 1.82) is 0 Å². The first-order chi connectivity index (χ1) is 11.0. The van der Waals surface area contributed by atoms with Crippen LogP contribution in [-0.4, -0.2) is 58.5 Å². The van der Waals surface area contributed by atoms with Gasteiger partial charge in [-0.2, -0.15) is 0 Å². The quantitative estimate of drug-likeness (QED) is 0.730. The Hall–Kier alpha value is -1.50. The molecule has 0 radical (unpaired) electrons.